The van der Waals surface area contributed by atoms with Gasteiger partial charge in [-0.05, 0) is 55.7 Å². The second kappa shape index (κ2) is 7.61. The molecule has 0 aliphatic carbocycles. The summed E-state index contributed by atoms with van der Waals surface area (Å²) in [6.45, 7) is 6.10. The van der Waals surface area contributed by atoms with Crippen LogP contribution in [0.3, 0.4) is 0 Å². The Balaban J connectivity index is 1.96. The smallest absolute Gasteiger partial charge is 0.189 e. The van der Waals surface area contributed by atoms with Crippen molar-refractivity contribution in [2.45, 2.75) is 20.8 Å². The molecule has 0 bridgehead atoms. The average molecular weight is 311 g/mol. The van der Waals surface area contributed by atoms with Crippen LogP contribution in [0, 0.1) is 13.8 Å². The summed E-state index contributed by atoms with van der Waals surface area (Å²) in [4.78, 5) is 0. The molecule has 2 rings (SSSR count). The van der Waals surface area contributed by atoms with Crippen molar-refractivity contribution in [2.75, 3.05) is 5.32 Å². The van der Waals surface area contributed by atoms with Crippen LogP contribution >= 0.6 is 12.2 Å². The number of nitrogens with one attached hydrogen (secondary N) is 3. The number of allylic oxidation sites excluding steroid dienone is 1. The molecule has 0 fully saturated rings. The van der Waals surface area contributed by atoms with Crippen molar-refractivity contribution < 1.29 is 0 Å². The molecule has 3 nitrogen and oxygen atoms in total. The average Bonchev–Trinajstić information content (AvgIpc) is 2.52. The summed E-state index contributed by atoms with van der Waals surface area (Å²) in [6, 6.07) is 16.3. The number of hydrogen-bond donors (Lipinski definition) is 3. The highest BCUT2D eigenvalue weighted by Crippen LogP contribution is 2.16. The van der Waals surface area contributed by atoms with E-state index in [9.17, 15) is 0 Å². The molecule has 3 N–H and O–H groups in total. The van der Waals surface area contributed by atoms with Gasteiger partial charge in [-0.2, -0.15) is 0 Å². The van der Waals surface area contributed by atoms with Crippen molar-refractivity contribution in [1.29, 1.82) is 0 Å². The molecule has 0 spiro atoms. The summed E-state index contributed by atoms with van der Waals surface area (Å²) in [5, 5.41) is 3.74. The van der Waals surface area contributed by atoms with Crippen molar-refractivity contribution in [3.8, 4) is 0 Å². The van der Waals surface area contributed by atoms with E-state index in [0.29, 0.717) is 5.11 Å². The molecule has 0 saturated carbocycles. The van der Waals surface area contributed by atoms with Gasteiger partial charge in [-0.15, -0.1) is 0 Å². The standard InChI is InChI=1S/C18H21N3S/c1-4-16(15-8-6-5-7-9-15)20-21-18(22)19-17-12-13(2)10-11-14(17)3/h4-12,20H,1-3H3,(H2,19,21,22)/b16-4-. The number of hydrogen-bond acceptors (Lipinski definition) is 2. The van der Waals surface area contributed by atoms with Crippen LogP contribution in [-0.2, 0) is 0 Å². The molecule has 2 aromatic rings. The van der Waals surface area contributed by atoms with Gasteiger partial charge in [0.15, 0.2) is 5.11 Å². The third-order valence-corrected chi connectivity index (χ3v) is 3.53. The van der Waals surface area contributed by atoms with Crippen LogP contribution in [0.1, 0.15) is 23.6 Å². The van der Waals surface area contributed by atoms with Crippen LogP contribution in [0.5, 0.6) is 0 Å². The Morgan fingerprint density at radius 1 is 1.00 bits per heavy atom. The quantitative estimate of drug-likeness (QED) is 0.585. The van der Waals surface area contributed by atoms with Gasteiger partial charge in [-0.1, -0.05) is 48.5 Å². The largest absolute Gasteiger partial charge is 0.331 e. The summed E-state index contributed by atoms with van der Waals surface area (Å²) < 4.78 is 0. The van der Waals surface area contributed by atoms with Crippen LogP contribution in [0.2, 0.25) is 0 Å². The van der Waals surface area contributed by atoms with Crippen LogP contribution < -0.4 is 16.2 Å². The van der Waals surface area contributed by atoms with Crippen LogP contribution in [0.15, 0.2) is 54.6 Å². The fourth-order valence-electron chi connectivity index (χ4n) is 2.08. The minimum Gasteiger partial charge on any atom is -0.331 e. The highest BCUT2D eigenvalue weighted by molar-refractivity contribution is 7.80. The molecule has 0 radical (unpaired) electrons. The van der Waals surface area contributed by atoms with Crippen molar-refractivity contribution in [3.63, 3.8) is 0 Å². The maximum atomic E-state index is 5.34. The molecule has 22 heavy (non-hydrogen) atoms. The molecule has 0 aliphatic rings. The molecule has 0 unspecified atom stereocenters. The topological polar surface area (TPSA) is 36.1 Å². The van der Waals surface area contributed by atoms with Crippen LogP contribution in [0.25, 0.3) is 5.70 Å². The summed E-state index contributed by atoms with van der Waals surface area (Å²) in [5.41, 5.74) is 11.6. The second-order valence-corrected chi connectivity index (χ2v) is 5.50. The summed E-state index contributed by atoms with van der Waals surface area (Å²) >= 11 is 5.34. The molecule has 0 saturated heterocycles. The molecule has 0 aromatic heterocycles. The summed E-state index contributed by atoms with van der Waals surface area (Å²) in [5.74, 6) is 0. The maximum absolute atomic E-state index is 5.34. The number of thiocarbonyl (C=S) groups is 1. The monoisotopic (exact) mass is 311 g/mol. The van der Waals surface area contributed by atoms with Gasteiger partial charge in [0.1, 0.15) is 0 Å². The van der Waals surface area contributed by atoms with E-state index in [1.165, 1.54) is 5.56 Å². The molecule has 0 heterocycles. The summed E-state index contributed by atoms with van der Waals surface area (Å²) in [7, 11) is 0. The van der Waals surface area contributed by atoms with Crippen molar-refractivity contribution >= 4 is 28.7 Å². The Bertz CT molecular complexity index is 678. The molecule has 0 aliphatic heterocycles. The maximum Gasteiger partial charge on any atom is 0.189 e. The molecule has 114 valence electrons. The van der Waals surface area contributed by atoms with E-state index in [0.717, 1.165) is 22.5 Å². The lowest BCUT2D eigenvalue weighted by Gasteiger charge is -2.16. The van der Waals surface area contributed by atoms with Crippen molar-refractivity contribution in [2.24, 2.45) is 0 Å². The minimum atomic E-state index is 0.531. The van der Waals surface area contributed by atoms with Gasteiger partial charge in [0.25, 0.3) is 0 Å². The van der Waals surface area contributed by atoms with Crippen LogP contribution in [-0.4, -0.2) is 5.11 Å². The van der Waals surface area contributed by atoms with Crippen molar-refractivity contribution in [3.05, 3.63) is 71.3 Å². The normalized spacial score (nSPS) is 11.0. The van der Waals surface area contributed by atoms with Gasteiger partial charge < -0.3 is 5.32 Å². The Labute approximate surface area is 137 Å². The van der Waals surface area contributed by atoms with Crippen molar-refractivity contribution in [1.82, 2.24) is 10.9 Å². The lowest BCUT2D eigenvalue weighted by atomic mass is 10.1. The zero-order valence-electron chi connectivity index (χ0n) is 13.1. The van der Waals surface area contributed by atoms with Gasteiger partial charge in [-0.25, -0.2) is 0 Å². The third-order valence-electron chi connectivity index (χ3n) is 3.33. The predicted molar refractivity (Wildman–Crippen MR) is 98.5 cm³/mol. The number of aryl methyl sites for hydroxylation is 2. The molecular weight excluding hydrogens is 290 g/mol. The molecule has 0 amide bonds. The number of rotatable bonds is 4. The molecule has 4 heteroatoms. The summed E-state index contributed by atoms with van der Waals surface area (Å²) in [6.07, 6.45) is 2.00. The minimum absolute atomic E-state index is 0.531. The zero-order valence-corrected chi connectivity index (χ0v) is 13.9. The molecule has 2 aromatic carbocycles. The van der Waals surface area contributed by atoms with E-state index in [2.05, 4.69) is 48.2 Å². The number of anilines is 1. The van der Waals surface area contributed by atoms with Gasteiger partial charge >= 0.3 is 0 Å². The predicted octanol–water partition coefficient (Wildman–Crippen LogP) is 4.16. The molecular formula is C18H21N3S. The van der Waals surface area contributed by atoms with Gasteiger partial charge in [0.05, 0.1) is 5.70 Å². The van der Waals surface area contributed by atoms with E-state index in [-0.39, 0.29) is 0 Å². The first kappa shape index (κ1) is 16.0. The Morgan fingerprint density at radius 2 is 1.73 bits per heavy atom. The number of hydrazine groups is 1. The second-order valence-electron chi connectivity index (χ2n) is 5.09. The Hall–Kier alpha value is -2.33. The van der Waals surface area contributed by atoms with Crippen LogP contribution in [0.4, 0.5) is 5.69 Å². The van der Waals surface area contributed by atoms with E-state index in [1.54, 1.807) is 0 Å². The highest BCUT2D eigenvalue weighted by Gasteiger charge is 2.03. The van der Waals surface area contributed by atoms with Gasteiger partial charge in [0, 0.05) is 5.69 Å². The first-order valence-corrected chi connectivity index (χ1v) is 7.63. The SMILES string of the molecule is C/C=C(\NNC(=S)Nc1cc(C)ccc1C)c1ccccc1. The Morgan fingerprint density at radius 3 is 2.41 bits per heavy atom. The first-order chi connectivity index (χ1) is 10.6. The third kappa shape index (κ3) is 4.33. The highest BCUT2D eigenvalue weighted by atomic mass is 32.1. The fourth-order valence-corrected chi connectivity index (χ4v) is 2.24. The lowest BCUT2D eigenvalue weighted by Crippen LogP contribution is -2.39. The fraction of sp³-hybridized carbons (Fsp3) is 0.167. The lowest BCUT2D eigenvalue weighted by molar-refractivity contribution is 0.847. The first-order valence-electron chi connectivity index (χ1n) is 7.22. The van der Waals surface area contributed by atoms with E-state index in [1.807, 2.05) is 43.3 Å². The number of benzene rings is 2. The van der Waals surface area contributed by atoms with E-state index < -0.39 is 0 Å². The molecule has 0 atom stereocenters. The Kier molecular flexibility index (Phi) is 5.55. The zero-order chi connectivity index (χ0) is 15.9. The van der Waals surface area contributed by atoms with E-state index >= 15 is 0 Å². The van der Waals surface area contributed by atoms with Gasteiger partial charge in [0.2, 0.25) is 0 Å². The van der Waals surface area contributed by atoms with Gasteiger partial charge in [-0.3, -0.25) is 10.9 Å². The van der Waals surface area contributed by atoms with E-state index in [4.69, 9.17) is 12.2 Å².